The van der Waals surface area contributed by atoms with Crippen molar-refractivity contribution in [2.24, 2.45) is 5.92 Å². The van der Waals surface area contributed by atoms with E-state index in [9.17, 15) is 4.79 Å². The van der Waals surface area contributed by atoms with Crippen LogP contribution >= 0.6 is 0 Å². The molecule has 2 N–H and O–H groups in total. The van der Waals surface area contributed by atoms with Gasteiger partial charge in [-0.3, -0.25) is 9.78 Å². The molecule has 0 aliphatic heterocycles. The highest BCUT2D eigenvalue weighted by Crippen LogP contribution is 2.29. The minimum absolute atomic E-state index is 0.112. The number of carbonyl (C=O) groups is 1. The summed E-state index contributed by atoms with van der Waals surface area (Å²) in [5.74, 6) is -0.907. The highest BCUT2D eigenvalue weighted by molar-refractivity contribution is 5.72. The van der Waals surface area contributed by atoms with E-state index in [1.807, 2.05) is 19.1 Å². The highest BCUT2D eigenvalue weighted by atomic mass is 16.4. The maximum atomic E-state index is 10.9. The average Bonchev–Trinajstić information content (AvgIpc) is 2.24. The molecule has 4 nitrogen and oxygen atoms in total. The zero-order valence-electron chi connectivity index (χ0n) is 9.26. The molecule has 16 heavy (non-hydrogen) atoms. The van der Waals surface area contributed by atoms with E-state index in [0.29, 0.717) is 0 Å². The van der Waals surface area contributed by atoms with Gasteiger partial charge in [0.1, 0.15) is 0 Å². The van der Waals surface area contributed by atoms with Crippen LogP contribution in [0.5, 0.6) is 0 Å². The van der Waals surface area contributed by atoms with Gasteiger partial charge in [-0.2, -0.15) is 0 Å². The minimum atomic E-state index is -0.689. The Morgan fingerprint density at radius 3 is 2.69 bits per heavy atom. The molecule has 0 bridgehead atoms. The van der Waals surface area contributed by atoms with Crippen LogP contribution in [0.15, 0.2) is 24.5 Å². The van der Waals surface area contributed by atoms with E-state index in [-0.39, 0.29) is 18.0 Å². The van der Waals surface area contributed by atoms with Crippen LogP contribution < -0.4 is 5.32 Å². The number of aromatic nitrogens is 1. The fourth-order valence-corrected chi connectivity index (χ4v) is 2.06. The molecule has 1 heterocycles. The molecule has 3 atom stereocenters. The summed E-state index contributed by atoms with van der Waals surface area (Å²) in [4.78, 5) is 14.8. The standard InChI is InChI=1S/C12H16N2O2/c1-8(9-4-6-13-7-5-9)14-11-3-2-10(11)12(15)16/h4-8,10-11,14H,2-3H2,1H3,(H,15,16). The van der Waals surface area contributed by atoms with Gasteiger partial charge >= 0.3 is 5.97 Å². The van der Waals surface area contributed by atoms with E-state index >= 15 is 0 Å². The number of carboxylic acids is 1. The molecule has 0 aromatic carbocycles. The third-order valence-corrected chi connectivity index (χ3v) is 3.26. The molecule has 1 aliphatic carbocycles. The molecule has 3 unspecified atom stereocenters. The summed E-state index contributed by atoms with van der Waals surface area (Å²) in [5, 5.41) is 12.3. The van der Waals surface area contributed by atoms with Gasteiger partial charge in [0.05, 0.1) is 5.92 Å². The van der Waals surface area contributed by atoms with Crippen molar-refractivity contribution >= 4 is 5.97 Å². The molecule has 0 saturated heterocycles. The van der Waals surface area contributed by atoms with Crippen LogP contribution in [0, 0.1) is 5.92 Å². The second-order valence-corrected chi connectivity index (χ2v) is 4.30. The van der Waals surface area contributed by atoms with Crippen molar-refractivity contribution in [3.63, 3.8) is 0 Å². The summed E-state index contributed by atoms with van der Waals surface area (Å²) >= 11 is 0. The Labute approximate surface area is 94.7 Å². The molecule has 1 fully saturated rings. The predicted molar refractivity (Wildman–Crippen MR) is 59.9 cm³/mol. The van der Waals surface area contributed by atoms with E-state index in [2.05, 4.69) is 10.3 Å². The lowest BCUT2D eigenvalue weighted by atomic mass is 9.79. The molecular weight excluding hydrogens is 204 g/mol. The Hall–Kier alpha value is -1.42. The van der Waals surface area contributed by atoms with E-state index in [1.165, 1.54) is 0 Å². The van der Waals surface area contributed by atoms with Gasteiger partial charge in [-0.25, -0.2) is 0 Å². The first-order valence-electron chi connectivity index (χ1n) is 5.57. The zero-order valence-corrected chi connectivity index (χ0v) is 9.26. The van der Waals surface area contributed by atoms with Crippen molar-refractivity contribution in [3.8, 4) is 0 Å². The SMILES string of the molecule is CC(NC1CCC1C(=O)O)c1ccncc1. The lowest BCUT2D eigenvalue weighted by Gasteiger charge is -2.36. The number of aliphatic carboxylic acids is 1. The first-order chi connectivity index (χ1) is 7.68. The second-order valence-electron chi connectivity index (χ2n) is 4.30. The Morgan fingerprint density at radius 1 is 1.50 bits per heavy atom. The van der Waals surface area contributed by atoms with Gasteiger partial charge in [-0.15, -0.1) is 0 Å². The van der Waals surface area contributed by atoms with Crippen LogP contribution in [0.1, 0.15) is 31.4 Å². The third-order valence-electron chi connectivity index (χ3n) is 3.26. The summed E-state index contributed by atoms with van der Waals surface area (Å²) in [6.07, 6.45) is 5.24. The van der Waals surface area contributed by atoms with Gasteiger partial charge in [0, 0.05) is 24.5 Å². The molecule has 0 spiro atoms. The molecular formula is C12H16N2O2. The lowest BCUT2D eigenvalue weighted by molar-refractivity contribution is -0.146. The fraction of sp³-hybridized carbons (Fsp3) is 0.500. The van der Waals surface area contributed by atoms with E-state index in [0.717, 1.165) is 18.4 Å². The molecule has 2 rings (SSSR count). The van der Waals surface area contributed by atoms with Crippen molar-refractivity contribution < 1.29 is 9.90 Å². The third kappa shape index (κ3) is 2.22. The zero-order chi connectivity index (χ0) is 11.5. The van der Waals surface area contributed by atoms with Crippen LogP contribution in [0.25, 0.3) is 0 Å². The summed E-state index contributed by atoms with van der Waals surface area (Å²) in [6.45, 7) is 2.05. The number of nitrogens with one attached hydrogen (secondary N) is 1. The average molecular weight is 220 g/mol. The monoisotopic (exact) mass is 220 g/mol. The highest BCUT2D eigenvalue weighted by Gasteiger charge is 2.36. The largest absolute Gasteiger partial charge is 0.481 e. The molecule has 1 aliphatic rings. The molecule has 0 amide bonds. The van der Waals surface area contributed by atoms with Crippen LogP contribution in [0.2, 0.25) is 0 Å². The van der Waals surface area contributed by atoms with Gasteiger partial charge in [-0.05, 0) is 37.5 Å². The lowest BCUT2D eigenvalue weighted by Crippen LogP contribution is -2.48. The van der Waals surface area contributed by atoms with Crippen LogP contribution in [0.4, 0.5) is 0 Å². The Bertz CT molecular complexity index is 367. The molecule has 1 saturated carbocycles. The summed E-state index contributed by atoms with van der Waals surface area (Å²) in [6, 6.07) is 4.19. The van der Waals surface area contributed by atoms with Crippen molar-refractivity contribution in [1.82, 2.24) is 10.3 Å². The van der Waals surface area contributed by atoms with Crippen molar-refractivity contribution in [3.05, 3.63) is 30.1 Å². The maximum Gasteiger partial charge on any atom is 0.308 e. The summed E-state index contributed by atoms with van der Waals surface area (Å²) in [7, 11) is 0. The Kier molecular flexibility index (Phi) is 3.19. The predicted octanol–water partition coefficient (Wildman–Crippen LogP) is 1.60. The van der Waals surface area contributed by atoms with Crippen LogP contribution in [0.3, 0.4) is 0 Å². The van der Waals surface area contributed by atoms with Gasteiger partial charge in [0.25, 0.3) is 0 Å². The van der Waals surface area contributed by atoms with E-state index in [4.69, 9.17) is 5.11 Å². The quantitative estimate of drug-likeness (QED) is 0.809. The molecule has 1 aromatic rings. The van der Waals surface area contributed by atoms with Crippen LogP contribution in [-0.4, -0.2) is 22.1 Å². The van der Waals surface area contributed by atoms with Gasteiger partial charge in [-0.1, -0.05) is 0 Å². The smallest absolute Gasteiger partial charge is 0.308 e. The first-order valence-corrected chi connectivity index (χ1v) is 5.57. The molecule has 0 radical (unpaired) electrons. The number of carboxylic acid groups (broad SMARTS) is 1. The minimum Gasteiger partial charge on any atom is -0.481 e. The number of pyridine rings is 1. The van der Waals surface area contributed by atoms with Crippen molar-refractivity contribution in [2.45, 2.75) is 31.8 Å². The van der Waals surface area contributed by atoms with Crippen molar-refractivity contribution in [2.75, 3.05) is 0 Å². The van der Waals surface area contributed by atoms with E-state index in [1.54, 1.807) is 12.4 Å². The number of hydrogen-bond acceptors (Lipinski definition) is 3. The van der Waals surface area contributed by atoms with Gasteiger partial charge in [0.2, 0.25) is 0 Å². The molecule has 4 heteroatoms. The topological polar surface area (TPSA) is 62.2 Å². The van der Waals surface area contributed by atoms with Crippen molar-refractivity contribution in [1.29, 1.82) is 0 Å². The molecule has 1 aromatic heterocycles. The second kappa shape index (κ2) is 4.61. The fourth-order valence-electron chi connectivity index (χ4n) is 2.06. The maximum absolute atomic E-state index is 10.9. The summed E-state index contributed by atoms with van der Waals surface area (Å²) in [5.41, 5.74) is 1.14. The number of rotatable bonds is 4. The Balaban J connectivity index is 1.93. The number of hydrogen-bond donors (Lipinski definition) is 2. The van der Waals surface area contributed by atoms with E-state index < -0.39 is 5.97 Å². The first kappa shape index (κ1) is 11.1. The van der Waals surface area contributed by atoms with Gasteiger partial charge in [0.15, 0.2) is 0 Å². The van der Waals surface area contributed by atoms with Crippen LogP contribution in [-0.2, 0) is 4.79 Å². The Morgan fingerprint density at radius 2 is 2.19 bits per heavy atom. The summed E-state index contributed by atoms with van der Waals surface area (Å²) < 4.78 is 0. The normalized spacial score (nSPS) is 25.8. The number of nitrogens with zero attached hydrogens (tertiary/aromatic N) is 1. The molecule has 86 valence electrons. The van der Waals surface area contributed by atoms with Gasteiger partial charge < -0.3 is 10.4 Å².